The number of likely N-dealkylation sites (tertiary alicyclic amines) is 1. The summed E-state index contributed by atoms with van der Waals surface area (Å²) in [6, 6.07) is 10.1. The van der Waals surface area contributed by atoms with Gasteiger partial charge in [-0.2, -0.15) is 5.10 Å². The van der Waals surface area contributed by atoms with Crippen LogP contribution in [0.15, 0.2) is 36.5 Å². The number of unbranched alkanes of at least 4 members (excludes halogenated alkanes) is 2. The lowest BCUT2D eigenvalue weighted by molar-refractivity contribution is -0.143. The van der Waals surface area contributed by atoms with Crippen LogP contribution in [0.3, 0.4) is 0 Å². The number of aliphatic carboxylic acids is 1. The fourth-order valence-corrected chi connectivity index (χ4v) is 6.80. The van der Waals surface area contributed by atoms with Gasteiger partial charge in [0.2, 0.25) is 0 Å². The highest BCUT2D eigenvalue weighted by Gasteiger charge is 2.37. The summed E-state index contributed by atoms with van der Waals surface area (Å²) >= 11 is 0. The van der Waals surface area contributed by atoms with Crippen molar-refractivity contribution in [3.8, 4) is 0 Å². The summed E-state index contributed by atoms with van der Waals surface area (Å²) in [5, 5.41) is 19.5. The molecule has 0 spiro atoms. The zero-order valence-electron chi connectivity index (χ0n) is 23.0. The van der Waals surface area contributed by atoms with Gasteiger partial charge in [-0.25, -0.2) is 4.98 Å². The van der Waals surface area contributed by atoms with Crippen molar-refractivity contribution < 1.29 is 14.6 Å². The van der Waals surface area contributed by atoms with Gasteiger partial charge in [-0.15, -0.1) is 0 Å². The smallest absolute Gasteiger partial charge is 0.325 e. The number of nitrogens with zero attached hydrogens (tertiary/aromatic N) is 4. The van der Waals surface area contributed by atoms with Crippen molar-refractivity contribution in [1.29, 1.82) is 0 Å². The van der Waals surface area contributed by atoms with Crippen molar-refractivity contribution in [2.75, 3.05) is 32.1 Å². The largest absolute Gasteiger partial charge is 0.480 e. The molecule has 0 unspecified atom stereocenters. The predicted octanol–water partition coefficient (Wildman–Crippen LogP) is 5.39. The van der Waals surface area contributed by atoms with Gasteiger partial charge in [0, 0.05) is 36.8 Å². The van der Waals surface area contributed by atoms with Crippen LogP contribution < -0.4 is 5.32 Å². The van der Waals surface area contributed by atoms with E-state index in [0.29, 0.717) is 5.92 Å². The Bertz CT molecular complexity index is 1300. The molecule has 2 aromatic heterocycles. The van der Waals surface area contributed by atoms with E-state index in [1.165, 1.54) is 30.5 Å². The number of aryl methyl sites for hydroxylation is 2. The lowest BCUT2D eigenvalue weighted by atomic mass is 9.89. The minimum atomic E-state index is -0.772. The molecule has 0 amide bonds. The quantitative estimate of drug-likeness (QED) is 0.321. The number of fused-ring (bicyclic) bond motifs is 2. The summed E-state index contributed by atoms with van der Waals surface area (Å²) in [6.45, 7) is 2.70. The van der Waals surface area contributed by atoms with Crippen molar-refractivity contribution in [2.24, 2.45) is 5.92 Å². The molecule has 1 saturated carbocycles. The molecular weight excluding hydrogens is 490 g/mol. The predicted molar refractivity (Wildman–Crippen MR) is 152 cm³/mol. The summed E-state index contributed by atoms with van der Waals surface area (Å²) in [4.78, 5) is 19.7. The number of nitrogens with one attached hydrogen (secondary N) is 1. The second-order valence-electron chi connectivity index (χ2n) is 11.7. The van der Waals surface area contributed by atoms with Gasteiger partial charge < -0.3 is 15.2 Å². The monoisotopic (exact) mass is 531 g/mol. The van der Waals surface area contributed by atoms with Crippen LogP contribution in [0, 0.1) is 5.92 Å². The lowest BCUT2D eigenvalue weighted by Crippen LogP contribution is -2.35. The average Bonchev–Trinajstić information content (AvgIpc) is 3.56. The van der Waals surface area contributed by atoms with Gasteiger partial charge in [-0.1, -0.05) is 37.1 Å². The minimum Gasteiger partial charge on any atom is -0.480 e. The van der Waals surface area contributed by atoms with E-state index in [0.717, 1.165) is 86.9 Å². The number of pyridine rings is 1. The van der Waals surface area contributed by atoms with Gasteiger partial charge in [-0.05, 0) is 75.5 Å². The van der Waals surface area contributed by atoms with E-state index in [9.17, 15) is 9.90 Å². The Morgan fingerprint density at radius 3 is 2.95 bits per heavy atom. The first-order valence-corrected chi connectivity index (χ1v) is 14.8. The maximum absolute atomic E-state index is 12.6. The van der Waals surface area contributed by atoms with E-state index >= 15 is 0 Å². The van der Waals surface area contributed by atoms with Crippen molar-refractivity contribution in [2.45, 2.75) is 82.4 Å². The number of carboxylic acids is 1. The van der Waals surface area contributed by atoms with Crippen LogP contribution in [0.1, 0.15) is 80.3 Å². The average molecular weight is 532 g/mol. The SMILES string of the molecule is CO[C@H]1C[C@H](n2ncc3cccc([C@H](C(=O)O)N4CC[C@@H](CCCCCc5ccc6c(n5)NCCC6)C4)c32)C1. The van der Waals surface area contributed by atoms with Gasteiger partial charge >= 0.3 is 5.97 Å². The summed E-state index contributed by atoms with van der Waals surface area (Å²) in [5.74, 6) is 0.867. The fraction of sp³-hybridized carbons (Fsp3) is 0.581. The molecule has 0 radical (unpaired) electrons. The first-order valence-electron chi connectivity index (χ1n) is 14.8. The fourth-order valence-electron chi connectivity index (χ4n) is 6.80. The van der Waals surface area contributed by atoms with E-state index in [1.807, 2.05) is 24.4 Å². The molecule has 8 nitrogen and oxygen atoms in total. The molecule has 2 aliphatic heterocycles. The number of aromatic nitrogens is 3. The number of hydrogen-bond acceptors (Lipinski definition) is 6. The third-order valence-electron chi connectivity index (χ3n) is 9.11. The third kappa shape index (κ3) is 5.54. The first-order chi connectivity index (χ1) is 19.1. The number of carboxylic acid groups (broad SMARTS) is 1. The Hall–Kier alpha value is -2.97. The molecule has 39 heavy (non-hydrogen) atoms. The third-order valence-corrected chi connectivity index (χ3v) is 9.11. The molecule has 2 fully saturated rings. The standard InChI is InChI=1S/C31H41N5O3/c1-39-26-17-25(18-26)36-28-23(19-33-36)8-5-11-27(28)29(31(37)38)35-16-14-21(20-35)7-3-2-4-10-24-13-12-22-9-6-15-32-30(22)34-24/h5,8,11-13,19,21,25-26,29H,2-4,6-7,9-10,14-18,20H2,1H3,(H,32,34)(H,37,38)/t21-,25-,26-,29-/m1/s1. The Morgan fingerprint density at radius 2 is 2.10 bits per heavy atom. The van der Waals surface area contributed by atoms with Crippen molar-refractivity contribution >= 4 is 22.7 Å². The summed E-state index contributed by atoms with van der Waals surface area (Å²) < 4.78 is 7.53. The Labute approximate surface area is 230 Å². The maximum atomic E-state index is 12.6. The van der Waals surface area contributed by atoms with Gasteiger partial charge in [0.15, 0.2) is 0 Å². The molecule has 4 heterocycles. The number of rotatable bonds is 11. The molecule has 2 atom stereocenters. The molecule has 208 valence electrons. The molecular formula is C31H41N5O3. The highest BCUT2D eigenvalue weighted by atomic mass is 16.5. The highest BCUT2D eigenvalue weighted by molar-refractivity contribution is 5.88. The van der Waals surface area contributed by atoms with Crippen molar-refractivity contribution in [1.82, 2.24) is 19.7 Å². The minimum absolute atomic E-state index is 0.266. The van der Waals surface area contributed by atoms with Crippen molar-refractivity contribution in [3.63, 3.8) is 0 Å². The Morgan fingerprint density at radius 1 is 1.21 bits per heavy atom. The Balaban J connectivity index is 1.04. The number of carbonyl (C=O) groups is 1. The maximum Gasteiger partial charge on any atom is 0.325 e. The topological polar surface area (TPSA) is 92.5 Å². The van der Waals surface area contributed by atoms with Crippen LogP contribution in [0.2, 0.25) is 0 Å². The molecule has 1 saturated heterocycles. The van der Waals surface area contributed by atoms with Gasteiger partial charge in [-0.3, -0.25) is 14.4 Å². The van der Waals surface area contributed by atoms with Crippen LogP contribution >= 0.6 is 0 Å². The summed E-state index contributed by atoms with van der Waals surface area (Å²) in [6.07, 6.45) is 13.1. The summed E-state index contributed by atoms with van der Waals surface area (Å²) in [5.41, 5.74) is 4.37. The van der Waals surface area contributed by atoms with Crippen LogP contribution in [0.25, 0.3) is 10.9 Å². The van der Waals surface area contributed by atoms with E-state index in [4.69, 9.17) is 9.72 Å². The van der Waals surface area contributed by atoms with Crippen LogP contribution in [0.4, 0.5) is 5.82 Å². The highest BCUT2D eigenvalue weighted by Crippen LogP contribution is 2.39. The lowest BCUT2D eigenvalue weighted by Gasteiger charge is -2.35. The Kier molecular flexibility index (Phi) is 7.84. The molecule has 8 heteroatoms. The van der Waals surface area contributed by atoms with Crippen LogP contribution in [0.5, 0.6) is 0 Å². The first kappa shape index (κ1) is 26.3. The van der Waals surface area contributed by atoms with E-state index in [1.54, 1.807) is 7.11 Å². The number of benzene rings is 1. The van der Waals surface area contributed by atoms with Crippen molar-refractivity contribution in [3.05, 3.63) is 53.3 Å². The van der Waals surface area contributed by atoms with Gasteiger partial charge in [0.1, 0.15) is 11.9 Å². The molecule has 6 rings (SSSR count). The molecule has 0 bridgehead atoms. The van der Waals surface area contributed by atoms with E-state index in [2.05, 4.69) is 32.1 Å². The summed E-state index contributed by atoms with van der Waals surface area (Å²) in [7, 11) is 1.75. The number of hydrogen-bond donors (Lipinski definition) is 2. The van der Waals surface area contributed by atoms with Crippen LogP contribution in [-0.2, 0) is 22.4 Å². The number of anilines is 1. The van der Waals surface area contributed by atoms with E-state index < -0.39 is 12.0 Å². The molecule has 1 aliphatic carbocycles. The normalized spacial score (nSPS) is 23.8. The molecule has 3 aromatic rings. The second-order valence-corrected chi connectivity index (χ2v) is 11.7. The van der Waals surface area contributed by atoms with Gasteiger partial charge in [0.05, 0.1) is 23.9 Å². The molecule has 2 N–H and O–H groups in total. The number of para-hydroxylation sites is 1. The molecule has 1 aromatic carbocycles. The zero-order valence-corrected chi connectivity index (χ0v) is 23.0. The number of methoxy groups -OCH3 is 1. The number of ether oxygens (including phenoxy) is 1. The van der Waals surface area contributed by atoms with Crippen LogP contribution in [-0.4, -0.2) is 63.6 Å². The van der Waals surface area contributed by atoms with E-state index in [-0.39, 0.29) is 12.1 Å². The van der Waals surface area contributed by atoms with Gasteiger partial charge in [0.25, 0.3) is 0 Å². The zero-order chi connectivity index (χ0) is 26.8. The molecule has 3 aliphatic rings. The second kappa shape index (κ2) is 11.6.